The Bertz CT molecular complexity index is 508. The third-order valence-electron chi connectivity index (χ3n) is 9.17. The van der Waals surface area contributed by atoms with Crippen LogP contribution in [-0.4, -0.2) is 11.2 Å². The summed E-state index contributed by atoms with van der Waals surface area (Å²) in [4.78, 5) is 0. The van der Waals surface area contributed by atoms with E-state index in [1.807, 2.05) is 5.57 Å². The molecule has 0 heterocycles. The summed E-state index contributed by atoms with van der Waals surface area (Å²) in [6.07, 6.45) is 17.1. The van der Waals surface area contributed by atoms with Crippen molar-refractivity contribution < 1.29 is 5.11 Å². The van der Waals surface area contributed by atoms with E-state index in [1.54, 1.807) is 0 Å². The summed E-state index contributed by atoms with van der Waals surface area (Å²) < 4.78 is 0. The highest BCUT2D eigenvalue weighted by Crippen LogP contribution is 2.67. The predicted octanol–water partition coefficient (Wildman–Crippen LogP) is 6.12. The number of rotatable bonds is 2. The molecule has 4 rings (SSSR count). The van der Waals surface area contributed by atoms with Crippen LogP contribution in [0, 0.1) is 34.5 Å². The lowest BCUT2D eigenvalue weighted by atomic mass is 9.45. The van der Waals surface area contributed by atoms with Gasteiger partial charge in [-0.1, -0.05) is 38.8 Å². The monoisotopic (exact) mass is 330 g/mol. The van der Waals surface area contributed by atoms with Crippen LogP contribution in [0.25, 0.3) is 0 Å². The number of unbranched alkanes of at least 4 members (excludes halogenated alkanes) is 1. The fourth-order valence-electron chi connectivity index (χ4n) is 7.74. The normalized spacial score (nSPS) is 52.7. The van der Waals surface area contributed by atoms with Crippen molar-refractivity contribution in [2.24, 2.45) is 34.5 Å². The summed E-state index contributed by atoms with van der Waals surface area (Å²) in [7, 11) is 0. The van der Waals surface area contributed by atoms with E-state index >= 15 is 0 Å². The van der Waals surface area contributed by atoms with Gasteiger partial charge >= 0.3 is 0 Å². The molecule has 1 heteroatoms. The molecule has 4 fully saturated rings. The molecular formula is C23H38O. The molecule has 24 heavy (non-hydrogen) atoms. The summed E-state index contributed by atoms with van der Waals surface area (Å²) in [5.74, 6) is 3.65. The van der Waals surface area contributed by atoms with Crippen molar-refractivity contribution in [3.05, 3.63) is 11.6 Å². The van der Waals surface area contributed by atoms with Gasteiger partial charge in [0.05, 0.1) is 6.10 Å². The number of hydrogen-bond donors (Lipinski definition) is 1. The van der Waals surface area contributed by atoms with Gasteiger partial charge in [0.2, 0.25) is 0 Å². The smallest absolute Gasteiger partial charge is 0.0543 e. The Balaban J connectivity index is 1.59. The molecule has 0 amide bonds. The standard InChI is InChI=1S/C23H38O/c1-4-5-6-16-8-10-20-19-9-7-17-15-18(24)11-13-23(17,3)21(19)12-14-22(16,20)2/h6,17-21,24H,4-5,7-15H2,1-3H3/b16-6-/t17-,18+,19-,20-,21-,22+,23-/m0/s1. The van der Waals surface area contributed by atoms with E-state index < -0.39 is 0 Å². The van der Waals surface area contributed by atoms with E-state index in [0.29, 0.717) is 10.8 Å². The minimum atomic E-state index is -0.0106. The van der Waals surface area contributed by atoms with E-state index in [1.165, 1.54) is 57.8 Å². The molecule has 136 valence electrons. The number of aliphatic hydroxyl groups excluding tert-OH is 1. The molecule has 1 N–H and O–H groups in total. The molecule has 0 radical (unpaired) electrons. The van der Waals surface area contributed by atoms with Gasteiger partial charge < -0.3 is 5.11 Å². The Morgan fingerprint density at radius 2 is 1.88 bits per heavy atom. The maximum Gasteiger partial charge on any atom is 0.0543 e. The highest BCUT2D eigenvalue weighted by molar-refractivity contribution is 5.24. The molecule has 4 aliphatic rings. The molecular weight excluding hydrogens is 292 g/mol. The van der Waals surface area contributed by atoms with Crippen LogP contribution >= 0.6 is 0 Å². The van der Waals surface area contributed by atoms with Crippen molar-refractivity contribution in [2.45, 2.75) is 97.5 Å². The molecule has 0 spiro atoms. The first kappa shape index (κ1) is 17.1. The first-order valence-electron chi connectivity index (χ1n) is 10.9. The predicted molar refractivity (Wildman–Crippen MR) is 101 cm³/mol. The molecule has 0 aromatic carbocycles. The van der Waals surface area contributed by atoms with Gasteiger partial charge in [0.15, 0.2) is 0 Å². The second-order valence-electron chi connectivity index (χ2n) is 10.1. The van der Waals surface area contributed by atoms with Crippen LogP contribution in [-0.2, 0) is 0 Å². The van der Waals surface area contributed by atoms with E-state index in [9.17, 15) is 5.11 Å². The second kappa shape index (κ2) is 6.15. The highest BCUT2D eigenvalue weighted by Gasteiger charge is 2.58. The van der Waals surface area contributed by atoms with Crippen molar-refractivity contribution in [3.63, 3.8) is 0 Å². The third kappa shape index (κ3) is 2.44. The van der Waals surface area contributed by atoms with E-state index in [4.69, 9.17) is 0 Å². The van der Waals surface area contributed by atoms with E-state index in [2.05, 4.69) is 26.8 Å². The lowest BCUT2D eigenvalue weighted by Gasteiger charge is -2.60. The SMILES string of the molecule is CCC/C=C1/CC[C@H]2[C@@H]3CC[C@H]4C[C@H](O)CC[C@]4(C)[C@H]3CC[C@]12C. The van der Waals surface area contributed by atoms with Crippen LogP contribution in [0.1, 0.15) is 91.4 Å². The lowest BCUT2D eigenvalue weighted by Crippen LogP contribution is -2.53. The topological polar surface area (TPSA) is 20.2 Å². The van der Waals surface area contributed by atoms with Crippen LogP contribution in [0.5, 0.6) is 0 Å². The Morgan fingerprint density at radius 1 is 1.04 bits per heavy atom. The highest BCUT2D eigenvalue weighted by atomic mass is 16.3. The third-order valence-corrected chi connectivity index (χ3v) is 9.17. The van der Waals surface area contributed by atoms with Gasteiger partial charge in [-0.25, -0.2) is 0 Å². The lowest BCUT2D eigenvalue weighted by molar-refractivity contribution is -0.116. The van der Waals surface area contributed by atoms with Gasteiger partial charge in [0.25, 0.3) is 0 Å². The molecule has 4 aliphatic carbocycles. The molecule has 0 aliphatic heterocycles. The molecule has 0 bridgehead atoms. The van der Waals surface area contributed by atoms with E-state index in [-0.39, 0.29) is 6.10 Å². The summed E-state index contributed by atoms with van der Waals surface area (Å²) in [5, 5.41) is 10.2. The first-order chi connectivity index (χ1) is 11.5. The van der Waals surface area contributed by atoms with Crippen molar-refractivity contribution in [3.8, 4) is 0 Å². The van der Waals surface area contributed by atoms with Gasteiger partial charge in [-0.2, -0.15) is 0 Å². The molecule has 1 nitrogen and oxygen atoms in total. The zero-order valence-electron chi connectivity index (χ0n) is 16.2. The molecule has 0 aromatic rings. The minimum absolute atomic E-state index is 0.0106. The van der Waals surface area contributed by atoms with Gasteiger partial charge in [-0.15, -0.1) is 0 Å². The fourth-order valence-corrected chi connectivity index (χ4v) is 7.74. The van der Waals surface area contributed by atoms with Crippen molar-refractivity contribution >= 4 is 0 Å². The number of fused-ring (bicyclic) bond motifs is 5. The van der Waals surface area contributed by atoms with Crippen LogP contribution in [0.4, 0.5) is 0 Å². The molecule has 7 atom stereocenters. The maximum absolute atomic E-state index is 10.2. The minimum Gasteiger partial charge on any atom is -0.393 e. The average Bonchev–Trinajstić information content (AvgIpc) is 2.90. The van der Waals surface area contributed by atoms with Crippen LogP contribution in [0.2, 0.25) is 0 Å². The largest absolute Gasteiger partial charge is 0.393 e. The van der Waals surface area contributed by atoms with E-state index in [0.717, 1.165) is 36.5 Å². The molecule has 0 aromatic heterocycles. The van der Waals surface area contributed by atoms with Crippen molar-refractivity contribution in [2.75, 3.05) is 0 Å². The Labute approximate surface area is 149 Å². The number of allylic oxidation sites excluding steroid dienone is 2. The van der Waals surface area contributed by atoms with Crippen LogP contribution in [0.3, 0.4) is 0 Å². The number of hydrogen-bond acceptors (Lipinski definition) is 1. The summed E-state index contributed by atoms with van der Waals surface area (Å²) in [6, 6.07) is 0. The second-order valence-corrected chi connectivity index (χ2v) is 10.1. The fraction of sp³-hybridized carbons (Fsp3) is 0.913. The Morgan fingerprint density at radius 3 is 2.67 bits per heavy atom. The van der Waals surface area contributed by atoms with Gasteiger partial charge in [-0.05, 0) is 98.7 Å². The molecule has 0 unspecified atom stereocenters. The van der Waals surface area contributed by atoms with Crippen molar-refractivity contribution in [1.29, 1.82) is 0 Å². The van der Waals surface area contributed by atoms with Crippen molar-refractivity contribution in [1.82, 2.24) is 0 Å². The Hall–Kier alpha value is -0.300. The van der Waals surface area contributed by atoms with Crippen LogP contribution in [0.15, 0.2) is 11.6 Å². The first-order valence-corrected chi connectivity index (χ1v) is 10.9. The maximum atomic E-state index is 10.2. The zero-order chi connectivity index (χ0) is 16.9. The van der Waals surface area contributed by atoms with Gasteiger partial charge in [-0.3, -0.25) is 0 Å². The summed E-state index contributed by atoms with van der Waals surface area (Å²) in [5.41, 5.74) is 2.87. The zero-order valence-corrected chi connectivity index (χ0v) is 16.2. The summed E-state index contributed by atoms with van der Waals surface area (Å²) in [6.45, 7) is 7.52. The number of aliphatic hydroxyl groups is 1. The van der Waals surface area contributed by atoms with Gasteiger partial charge in [0, 0.05) is 0 Å². The summed E-state index contributed by atoms with van der Waals surface area (Å²) >= 11 is 0. The molecule has 4 saturated carbocycles. The molecule has 0 saturated heterocycles. The quantitative estimate of drug-likeness (QED) is 0.605. The van der Waals surface area contributed by atoms with Crippen LogP contribution < -0.4 is 0 Å². The average molecular weight is 331 g/mol. The Kier molecular flexibility index (Phi) is 4.39. The van der Waals surface area contributed by atoms with Gasteiger partial charge in [0.1, 0.15) is 0 Å².